The standard InChI is InChI=1S/C65H120O12/c1-4-7-10-13-16-19-22-25-28-29-32-33-36-39-42-45-48-51-57(66)73-54-56(75-58(67)52-49-46-43-40-37-34-30-26-23-20-17-14-11-8-5-2)55-74-65-63(61(70)60(69)62(77-65)64(71)72)76-59(68)53-50-47-44-41-38-35-31-27-24-21-18-15-12-9-6-3/h25,28,56,60-63,65,69-70H,4-24,26-27,29-55H2,1-3H3,(H,71,72)/b28-25-. The highest BCUT2D eigenvalue weighted by Gasteiger charge is 2.50. The molecular formula is C65H120O12. The maximum absolute atomic E-state index is 13.2. The zero-order chi connectivity index (χ0) is 56.1. The fourth-order valence-corrected chi connectivity index (χ4v) is 10.3. The number of carboxylic acids is 1. The first-order valence-corrected chi connectivity index (χ1v) is 32.7. The molecule has 0 aromatic heterocycles. The van der Waals surface area contributed by atoms with Crippen molar-refractivity contribution in [1.29, 1.82) is 0 Å². The van der Waals surface area contributed by atoms with Crippen molar-refractivity contribution in [3.05, 3.63) is 12.2 Å². The summed E-state index contributed by atoms with van der Waals surface area (Å²) in [5, 5.41) is 31.6. The quantitative estimate of drug-likeness (QED) is 0.0228. The van der Waals surface area contributed by atoms with E-state index in [2.05, 4.69) is 32.9 Å². The molecule has 12 nitrogen and oxygen atoms in total. The summed E-state index contributed by atoms with van der Waals surface area (Å²) in [5.74, 6) is -3.08. The molecule has 6 unspecified atom stereocenters. The van der Waals surface area contributed by atoms with Gasteiger partial charge in [-0.1, -0.05) is 277 Å². The van der Waals surface area contributed by atoms with Gasteiger partial charge >= 0.3 is 23.9 Å². The van der Waals surface area contributed by atoms with Crippen LogP contribution >= 0.6 is 0 Å². The van der Waals surface area contributed by atoms with Crippen molar-refractivity contribution in [2.24, 2.45) is 0 Å². The number of aliphatic carboxylic acids is 1. The first kappa shape index (κ1) is 72.5. The molecule has 77 heavy (non-hydrogen) atoms. The first-order valence-electron chi connectivity index (χ1n) is 32.7. The van der Waals surface area contributed by atoms with Crippen LogP contribution in [0, 0.1) is 0 Å². The van der Waals surface area contributed by atoms with Gasteiger partial charge in [-0.3, -0.25) is 14.4 Å². The van der Waals surface area contributed by atoms with Crippen LogP contribution in [0.5, 0.6) is 0 Å². The second-order valence-corrected chi connectivity index (χ2v) is 22.8. The summed E-state index contributed by atoms with van der Waals surface area (Å²) in [7, 11) is 0. The molecule has 1 fully saturated rings. The summed E-state index contributed by atoms with van der Waals surface area (Å²) < 4.78 is 28.6. The topological polar surface area (TPSA) is 175 Å². The summed E-state index contributed by atoms with van der Waals surface area (Å²) in [5.41, 5.74) is 0. The van der Waals surface area contributed by atoms with Gasteiger partial charge in [-0.25, -0.2) is 4.79 Å². The van der Waals surface area contributed by atoms with Crippen LogP contribution in [0.3, 0.4) is 0 Å². The molecule has 0 bridgehead atoms. The average Bonchev–Trinajstić information content (AvgIpc) is 3.42. The third-order valence-electron chi connectivity index (χ3n) is 15.3. The number of unbranched alkanes of at least 4 members (excludes halogenated alkanes) is 41. The van der Waals surface area contributed by atoms with Crippen molar-refractivity contribution < 1.29 is 58.2 Å². The Labute approximate surface area is 471 Å². The molecule has 1 aliphatic heterocycles. The number of ether oxygens (including phenoxy) is 5. The Bertz CT molecular complexity index is 1390. The van der Waals surface area contributed by atoms with Gasteiger partial charge in [0.25, 0.3) is 0 Å². The Morgan fingerprint density at radius 1 is 0.416 bits per heavy atom. The highest BCUT2D eigenvalue weighted by Crippen LogP contribution is 2.27. The molecule has 6 atom stereocenters. The van der Waals surface area contributed by atoms with Gasteiger partial charge in [0, 0.05) is 19.3 Å². The maximum Gasteiger partial charge on any atom is 0.335 e. The van der Waals surface area contributed by atoms with Crippen molar-refractivity contribution in [2.75, 3.05) is 13.2 Å². The molecule has 0 amide bonds. The minimum atomic E-state index is -1.90. The van der Waals surface area contributed by atoms with E-state index < -0.39 is 67.3 Å². The van der Waals surface area contributed by atoms with E-state index in [4.69, 9.17) is 23.7 Å². The largest absolute Gasteiger partial charge is 0.479 e. The molecule has 0 aliphatic carbocycles. The van der Waals surface area contributed by atoms with Gasteiger partial charge in [-0.05, 0) is 44.9 Å². The van der Waals surface area contributed by atoms with E-state index >= 15 is 0 Å². The van der Waals surface area contributed by atoms with Crippen molar-refractivity contribution in [3.8, 4) is 0 Å². The van der Waals surface area contributed by atoms with E-state index in [1.807, 2.05) is 0 Å². The highest BCUT2D eigenvalue weighted by atomic mass is 16.7. The summed E-state index contributed by atoms with van der Waals surface area (Å²) in [6.45, 7) is 6.05. The molecule has 452 valence electrons. The van der Waals surface area contributed by atoms with Crippen molar-refractivity contribution in [3.63, 3.8) is 0 Å². The van der Waals surface area contributed by atoms with Crippen LogP contribution in [0.1, 0.15) is 329 Å². The number of carboxylic acid groups (broad SMARTS) is 1. The first-order chi connectivity index (χ1) is 37.6. The lowest BCUT2D eigenvalue weighted by molar-refractivity contribution is -0.301. The summed E-state index contributed by atoms with van der Waals surface area (Å²) in [6.07, 6.45) is 48.8. The zero-order valence-corrected chi connectivity index (χ0v) is 50.0. The second-order valence-electron chi connectivity index (χ2n) is 22.8. The lowest BCUT2D eigenvalue weighted by atomic mass is 9.98. The van der Waals surface area contributed by atoms with Gasteiger partial charge in [0.05, 0.1) is 6.61 Å². The SMILES string of the molecule is CCCCCCCC/C=C\CCCCCCCCCC(=O)OCC(COC1OC(C(=O)O)C(O)C(O)C1OC(=O)CCCCCCCCCCCCCCCCC)OC(=O)CCCCCCCCCCCCCCCCC. The molecule has 0 aromatic carbocycles. The Balaban J connectivity index is 2.64. The summed E-state index contributed by atoms with van der Waals surface area (Å²) in [6, 6.07) is 0. The van der Waals surface area contributed by atoms with E-state index in [0.717, 1.165) is 64.2 Å². The van der Waals surface area contributed by atoms with E-state index in [9.17, 15) is 34.5 Å². The number of carbonyl (C=O) groups excluding carboxylic acids is 3. The molecule has 12 heteroatoms. The highest BCUT2D eigenvalue weighted by molar-refractivity contribution is 5.74. The fourth-order valence-electron chi connectivity index (χ4n) is 10.3. The Morgan fingerprint density at radius 2 is 0.740 bits per heavy atom. The monoisotopic (exact) mass is 1090 g/mol. The minimum absolute atomic E-state index is 0.0689. The third-order valence-corrected chi connectivity index (χ3v) is 15.3. The summed E-state index contributed by atoms with van der Waals surface area (Å²) in [4.78, 5) is 51.3. The van der Waals surface area contributed by atoms with E-state index in [1.54, 1.807) is 0 Å². The average molecular weight is 1090 g/mol. The molecule has 0 radical (unpaired) electrons. The molecule has 0 spiro atoms. The van der Waals surface area contributed by atoms with Crippen molar-refractivity contribution >= 4 is 23.9 Å². The Hall–Kier alpha value is -2.54. The van der Waals surface area contributed by atoms with Gasteiger partial charge in [0.1, 0.15) is 18.8 Å². The third kappa shape index (κ3) is 43.9. The Morgan fingerprint density at radius 3 is 1.10 bits per heavy atom. The van der Waals surface area contributed by atoms with E-state index in [-0.39, 0.29) is 25.9 Å². The molecule has 0 aromatic rings. The molecule has 3 N–H and O–H groups in total. The number of esters is 3. The lowest BCUT2D eigenvalue weighted by Gasteiger charge is -2.40. The smallest absolute Gasteiger partial charge is 0.335 e. The van der Waals surface area contributed by atoms with Crippen LogP contribution in [0.15, 0.2) is 12.2 Å². The zero-order valence-electron chi connectivity index (χ0n) is 50.0. The van der Waals surface area contributed by atoms with Crippen LogP contribution in [0.25, 0.3) is 0 Å². The van der Waals surface area contributed by atoms with Gasteiger partial charge in [0.2, 0.25) is 0 Å². The second kappa shape index (κ2) is 54.1. The van der Waals surface area contributed by atoms with Crippen LogP contribution in [-0.2, 0) is 42.9 Å². The van der Waals surface area contributed by atoms with Gasteiger partial charge in [0.15, 0.2) is 24.6 Å². The van der Waals surface area contributed by atoms with E-state index in [1.165, 1.54) is 205 Å². The number of carbonyl (C=O) groups is 4. The van der Waals surface area contributed by atoms with E-state index in [0.29, 0.717) is 19.3 Å². The molecule has 1 rings (SSSR count). The molecule has 1 saturated heterocycles. The van der Waals surface area contributed by atoms with Gasteiger partial charge < -0.3 is 39.0 Å². The van der Waals surface area contributed by atoms with Crippen LogP contribution in [-0.4, -0.2) is 89.2 Å². The van der Waals surface area contributed by atoms with Crippen molar-refractivity contribution in [2.45, 2.75) is 366 Å². The summed E-state index contributed by atoms with van der Waals surface area (Å²) >= 11 is 0. The number of hydrogen-bond acceptors (Lipinski definition) is 11. The number of hydrogen-bond donors (Lipinski definition) is 3. The number of allylic oxidation sites excluding steroid dienone is 2. The van der Waals surface area contributed by atoms with Crippen molar-refractivity contribution in [1.82, 2.24) is 0 Å². The number of aliphatic hydroxyl groups is 2. The predicted octanol–water partition coefficient (Wildman–Crippen LogP) is 17.2. The predicted molar refractivity (Wildman–Crippen MR) is 313 cm³/mol. The van der Waals surface area contributed by atoms with Crippen LogP contribution in [0.2, 0.25) is 0 Å². The lowest BCUT2D eigenvalue weighted by Crippen LogP contribution is -2.61. The van der Waals surface area contributed by atoms with Gasteiger partial charge in [-0.2, -0.15) is 0 Å². The minimum Gasteiger partial charge on any atom is -0.479 e. The van der Waals surface area contributed by atoms with Crippen LogP contribution < -0.4 is 0 Å². The maximum atomic E-state index is 13.2. The van der Waals surface area contributed by atoms with Crippen LogP contribution in [0.4, 0.5) is 0 Å². The number of rotatable bonds is 57. The molecule has 0 saturated carbocycles. The normalized spacial score (nSPS) is 18.0. The molecule has 1 heterocycles. The molecular weight excluding hydrogens is 973 g/mol. The Kier molecular flexibility index (Phi) is 50.9. The number of aliphatic hydroxyl groups excluding tert-OH is 2. The fraction of sp³-hybridized carbons (Fsp3) is 0.908. The molecule has 1 aliphatic rings. The van der Waals surface area contributed by atoms with Gasteiger partial charge in [-0.15, -0.1) is 0 Å².